The third-order valence-electron chi connectivity index (χ3n) is 4.73. The average molecular weight is 427 g/mol. The van der Waals surface area contributed by atoms with Gasteiger partial charge in [0.05, 0.1) is 0 Å². The van der Waals surface area contributed by atoms with Crippen LogP contribution >= 0.6 is 22.7 Å². The summed E-state index contributed by atoms with van der Waals surface area (Å²) in [5, 5.41) is 4.12. The van der Waals surface area contributed by atoms with Gasteiger partial charge >= 0.3 is 0 Å². The highest BCUT2D eigenvalue weighted by atomic mass is 32.1. The second kappa shape index (κ2) is 10.1. The summed E-state index contributed by atoms with van der Waals surface area (Å²) in [6.07, 6.45) is 5.12. The number of thiophene rings is 2. The number of carbonyl (C=O) groups excluding carboxylic acids is 1. The Morgan fingerprint density at radius 1 is 0.600 bits per heavy atom. The minimum atomic E-state index is 0.223. The predicted octanol–water partition coefficient (Wildman–Crippen LogP) is 7.94. The van der Waals surface area contributed by atoms with E-state index in [9.17, 15) is 4.79 Å². The van der Waals surface area contributed by atoms with E-state index in [1.165, 1.54) is 0 Å². The van der Waals surface area contributed by atoms with E-state index >= 15 is 0 Å². The summed E-state index contributed by atoms with van der Waals surface area (Å²) < 4.78 is 0. The first kappa shape index (κ1) is 20.3. The van der Waals surface area contributed by atoms with Crippen molar-refractivity contribution in [3.05, 3.63) is 117 Å². The van der Waals surface area contributed by atoms with Gasteiger partial charge in [-0.1, -0.05) is 72.8 Å². The van der Waals surface area contributed by atoms with Crippen molar-refractivity contribution in [1.29, 1.82) is 0 Å². The molecule has 2 aromatic heterocycles. The second-order valence-electron chi connectivity index (χ2n) is 7.01. The fraction of sp³-hybridized carbons (Fsp3) is 0.0741. The lowest BCUT2D eigenvalue weighted by atomic mass is 9.98. The van der Waals surface area contributed by atoms with Crippen LogP contribution in [0.1, 0.15) is 33.7 Å². The first-order valence-electron chi connectivity index (χ1n) is 9.88. The van der Waals surface area contributed by atoms with Gasteiger partial charge < -0.3 is 0 Å². The maximum absolute atomic E-state index is 13.2. The quantitative estimate of drug-likeness (QED) is 0.279. The molecule has 3 heteroatoms. The smallest absolute Gasteiger partial charge is 0.141 e. The Hall–Kier alpha value is -3.01. The second-order valence-corrected chi connectivity index (χ2v) is 8.90. The van der Waals surface area contributed by atoms with Crippen molar-refractivity contribution in [3.8, 4) is 0 Å². The SMILES string of the molecule is O=C(CC(=Cc1ccccc1)c1cccs1)CC(=Cc1ccccc1)c1cccs1. The van der Waals surface area contributed by atoms with Crippen LogP contribution in [-0.4, -0.2) is 5.78 Å². The van der Waals surface area contributed by atoms with Gasteiger partial charge in [0.25, 0.3) is 0 Å². The molecule has 4 rings (SSSR count). The van der Waals surface area contributed by atoms with Crippen molar-refractivity contribution in [3.63, 3.8) is 0 Å². The number of carbonyl (C=O) groups is 1. The monoisotopic (exact) mass is 426 g/mol. The number of hydrogen-bond donors (Lipinski definition) is 0. The summed E-state index contributed by atoms with van der Waals surface area (Å²) in [7, 11) is 0. The molecule has 4 aromatic rings. The van der Waals surface area contributed by atoms with Gasteiger partial charge in [-0.05, 0) is 57.3 Å². The van der Waals surface area contributed by atoms with Gasteiger partial charge in [-0.2, -0.15) is 0 Å². The fourth-order valence-electron chi connectivity index (χ4n) is 3.33. The van der Waals surface area contributed by atoms with E-state index in [4.69, 9.17) is 0 Å². The molecule has 2 heterocycles. The molecule has 2 aromatic carbocycles. The van der Waals surface area contributed by atoms with Crippen LogP contribution in [0, 0.1) is 0 Å². The number of ketones is 1. The molecule has 0 aliphatic heterocycles. The molecule has 1 nitrogen and oxygen atoms in total. The van der Waals surface area contributed by atoms with Crippen molar-refractivity contribution in [2.75, 3.05) is 0 Å². The lowest BCUT2D eigenvalue weighted by Gasteiger charge is -2.09. The molecule has 0 saturated carbocycles. The Labute approximate surface area is 185 Å². The highest BCUT2D eigenvalue weighted by Crippen LogP contribution is 2.30. The zero-order valence-corrected chi connectivity index (χ0v) is 18.2. The van der Waals surface area contributed by atoms with Crippen molar-refractivity contribution < 1.29 is 4.79 Å². The van der Waals surface area contributed by atoms with Crippen LogP contribution in [0.3, 0.4) is 0 Å². The summed E-state index contributed by atoms with van der Waals surface area (Å²) in [6.45, 7) is 0. The van der Waals surface area contributed by atoms with E-state index in [1.54, 1.807) is 22.7 Å². The lowest BCUT2D eigenvalue weighted by molar-refractivity contribution is -0.117. The Balaban J connectivity index is 1.59. The summed E-state index contributed by atoms with van der Waals surface area (Å²) in [4.78, 5) is 15.5. The Morgan fingerprint density at radius 2 is 1.03 bits per heavy atom. The van der Waals surface area contributed by atoms with Crippen LogP contribution in [-0.2, 0) is 4.79 Å². The molecule has 0 radical (unpaired) electrons. The molecule has 0 aliphatic carbocycles. The van der Waals surface area contributed by atoms with E-state index in [1.807, 2.05) is 48.5 Å². The van der Waals surface area contributed by atoms with Gasteiger partial charge in [0.1, 0.15) is 5.78 Å². The molecular weight excluding hydrogens is 404 g/mol. The van der Waals surface area contributed by atoms with E-state index in [-0.39, 0.29) is 5.78 Å². The topological polar surface area (TPSA) is 17.1 Å². The Morgan fingerprint density at radius 3 is 1.40 bits per heavy atom. The van der Waals surface area contributed by atoms with Gasteiger partial charge in [-0.15, -0.1) is 22.7 Å². The molecule has 148 valence electrons. The molecule has 0 atom stereocenters. The molecular formula is C27H22OS2. The molecule has 0 spiro atoms. The molecule has 0 fully saturated rings. The summed E-state index contributed by atoms with van der Waals surface area (Å²) in [5.74, 6) is 0.223. The van der Waals surface area contributed by atoms with Gasteiger partial charge in [0.2, 0.25) is 0 Å². The van der Waals surface area contributed by atoms with Crippen LogP contribution in [0.4, 0.5) is 0 Å². The number of rotatable bonds is 8. The molecule has 0 N–H and O–H groups in total. The molecule has 30 heavy (non-hydrogen) atoms. The molecule has 0 aliphatic rings. The molecule has 0 unspecified atom stereocenters. The van der Waals surface area contributed by atoms with Gasteiger partial charge in [-0.25, -0.2) is 0 Å². The van der Waals surface area contributed by atoms with E-state index in [0.29, 0.717) is 12.8 Å². The number of hydrogen-bond acceptors (Lipinski definition) is 3. The van der Waals surface area contributed by atoms with Gasteiger partial charge in [0.15, 0.2) is 0 Å². The third kappa shape index (κ3) is 5.53. The van der Waals surface area contributed by atoms with Crippen LogP contribution in [0.15, 0.2) is 95.7 Å². The minimum Gasteiger partial charge on any atom is -0.299 e. The largest absolute Gasteiger partial charge is 0.299 e. The van der Waals surface area contributed by atoms with Crippen molar-refractivity contribution >= 4 is 51.8 Å². The summed E-state index contributed by atoms with van der Waals surface area (Å²) in [6, 6.07) is 28.7. The van der Waals surface area contributed by atoms with E-state index in [2.05, 4.69) is 59.3 Å². The number of Topliss-reactive ketones (excluding diaryl/α,β-unsaturated/α-hetero) is 1. The van der Waals surface area contributed by atoms with Gasteiger partial charge in [0, 0.05) is 22.6 Å². The van der Waals surface area contributed by atoms with Crippen molar-refractivity contribution in [2.45, 2.75) is 12.8 Å². The summed E-state index contributed by atoms with van der Waals surface area (Å²) in [5.41, 5.74) is 4.39. The first-order chi connectivity index (χ1) is 14.8. The van der Waals surface area contributed by atoms with Crippen molar-refractivity contribution in [1.82, 2.24) is 0 Å². The fourth-order valence-corrected chi connectivity index (χ4v) is 4.82. The molecule has 0 bridgehead atoms. The van der Waals surface area contributed by atoms with Crippen LogP contribution in [0.5, 0.6) is 0 Å². The number of allylic oxidation sites excluding steroid dienone is 2. The standard InChI is InChI=1S/C27H22OS2/c28-25(19-23(26-13-7-15-29-26)17-21-9-3-1-4-10-21)20-24(27-14-8-16-30-27)18-22-11-5-2-6-12-22/h1-18H,19-20H2. The molecule has 0 amide bonds. The maximum atomic E-state index is 13.2. The zero-order chi connectivity index (χ0) is 20.6. The highest BCUT2D eigenvalue weighted by Gasteiger charge is 2.14. The maximum Gasteiger partial charge on any atom is 0.141 e. The Bertz CT molecular complexity index is 1030. The van der Waals surface area contributed by atoms with Gasteiger partial charge in [-0.3, -0.25) is 4.79 Å². The summed E-state index contributed by atoms with van der Waals surface area (Å²) >= 11 is 3.36. The van der Waals surface area contributed by atoms with E-state index < -0.39 is 0 Å². The highest BCUT2D eigenvalue weighted by molar-refractivity contribution is 7.11. The van der Waals surface area contributed by atoms with Crippen LogP contribution in [0.2, 0.25) is 0 Å². The number of benzene rings is 2. The first-order valence-corrected chi connectivity index (χ1v) is 11.6. The average Bonchev–Trinajstić information content (AvgIpc) is 3.49. The van der Waals surface area contributed by atoms with Crippen LogP contribution < -0.4 is 0 Å². The zero-order valence-electron chi connectivity index (χ0n) is 16.5. The Kier molecular flexibility index (Phi) is 6.86. The van der Waals surface area contributed by atoms with Crippen LogP contribution in [0.25, 0.3) is 23.3 Å². The predicted molar refractivity (Wildman–Crippen MR) is 132 cm³/mol. The minimum absolute atomic E-state index is 0.223. The normalized spacial score (nSPS) is 12.1. The molecule has 0 saturated heterocycles. The van der Waals surface area contributed by atoms with Crippen molar-refractivity contribution in [2.24, 2.45) is 0 Å². The third-order valence-corrected chi connectivity index (χ3v) is 6.62. The lowest BCUT2D eigenvalue weighted by Crippen LogP contribution is -2.00. The van der Waals surface area contributed by atoms with E-state index in [0.717, 1.165) is 32.0 Å².